The van der Waals surface area contributed by atoms with E-state index in [9.17, 15) is 4.39 Å². The van der Waals surface area contributed by atoms with Gasteiger partial charge < -0.3 is 19.7 Å². The van der Waals surface area contributed by atoms with Crippen LogP contribution in [0.1, 0.15) is 45.1 Å². The number of allylic oxidation sites excluding steroid dienone is 3. The van der Waals surface area contributed by atoms with Crippen molar-refractivity contribution in [3.63, 3.8) is 0 Å². The highest BCUT2D eigenvalue weighted by molar-refractivity contribution is 5.90. The van der Waals surface area contributed by atoms with E-state index in [1.165, 1.54) is 23.9 Å². The minimum Gasteiger partial charge on any atom is -0.489 e. The molecule has 1 N–H and O–H groups in total. The summed E-state index contributed by atoms with van der Waals surface area (Å²) in [7, 11) is 0. The van der Waals surface area contributed by atoms with Crippen molar-refractivity contribution in [2.45, 2.75) is 45.6 Å². The maximum absolute atomic E-state index is 15.7. The highest BCUT2D eigenvalue weighted by Gasteiger charge is 2.33. The zero-order valence-electron chi connectivity index (χ0n) is 21.7. The maximum Gasteiger partial charge on any atom is 0.157 e. The quantitative estimate of drug-likeness (QED) is 0.524. The number of rotatable bonds is 8. The third kappa shape index (κ3) is 5.29. The van der Waals surface area contributed by atoms with E-state index in [2.05, 4.69) is 28.5 Å². The Morgan fingerprint density at radius 2 is 2.03 bits per heavy atom. The van der Waals surface area contributed by atoms with Gasteiger partial charge in [-0.3, -0.25) is 4.90 Å². The molecule has 0 amide bonds. The van der Waals surface area contributed by atoms with Gasteiger partial charge in [0.25, 0.3) is 0 Å². The number of likely N-dealkylation sites (tertiary alicyclic amines) is 1. The van der Waals surface area contributed by atoms with Crippen LogP contribution in [0.25, 0.3) is 5.70 Å². The summed E-state index contributed by atoms with van der Waals surface area (Å²) in [5.41, 5.74) is 2.31. The summed E-state index contributed by atoms with van der Waals surface area (Å²) >= 11 is 0. The monoisotopic (exact) mass is 511 g/mol. The molecule has 7 nitrogen and oxygen atoms in total. The molecular formula is C28H35F2N5O2. The molecular weight excluding hydrogens is 476 g/mol. The van der Waals surface area contributed by atoms with E-state index in [1.807, 2.05) is 18.7 Å². The first kappa shape index (κ1) is 25.5. The summed E-state index contributed by atoms with van der Waals surface area (Å²) in [6.45, 7) is 16.5. The van der Waals surface area contributed by atoms with Crippen LogP contribution in [0, 0.1) is 5.82 Å². The molecule has 2 saturated heterocycles. The van der Waals surface area contributed by atoms with E-state index in [1.54, 1.807) is 12.1 Å². The molecule has 0 aromatic heterocycles. The van der Waals surface area contributed by atoms with Crippen molar-refractivity contribution < 1.29 is 18.3 Å². The lowest BCUT2D eigenvalue weighted by molar-refractivity contribution is 0.130. The first-order chi connectivity index (χ1) is 17.8. The van der Waals surface area contributed by atoms with Crippen LogP contribution in [0.15, 0.2) is 59.4 Å². The normalized spacial score (nSPS) is 21.1. The Morgan fingerprint density at radius 1 is 1.24 bits per heavy atom. The summed E-state index contributed by atoms with van der Waals surface area (Å²) in [6.07, 6.45) is 5.19. The second-order valence-electron chi connectivity index (χ2n) is 10.0. The van der Waals surface area contributed by atoms with Crippen molar-refractivity contribution in [1.29, 1.82) is 0 Å². The Balaban J connectivity index is 1.47. The van der Waals surface area contributed by atoms with Gasteiger partial charge in [-0.1, -0.05) is 13.2 Å². The van der Waals surface area contributed by atoms with Crippen LogP contribution in [0.4, 0.5) is 14.5 Å². The average molecular weight is 512 g/mol. The van der Waals surface area contributed by atoms with Gasteiger partial charge in [0.2, 0.25) is 0 Å². The first-order valence-corrected chi connectivity index (χ1v) is 13.0. The number of morpholine rings is 1. The van der Waals surface area contributed by atoms with E-state index in [-0.39, 0.29) is 17.6 Å². The number of nitrogens with zero attached hydrogens (tertiary/aromatic N) is 4. The van der Waals surface area contributed by atoms with Crippen molar-refractivity contribution in [1.82, 2.24) is 15.1 Å². The van der Waals surface area contributed by atoms with Gasteiger partial charge in [-0.25, -0.2) is 13.8 Å². The molecule has 9 heteroatoms. The Bertz CT molecular complexity index is 1190. The summed E-state index contributed by atoms with van der Waals surface area (Å²) < 4.78 is 42.2. The SMILES string of the molecule is C=C(NC1=C(C)CCC=C1F)c1cc(F)c(N2N=C3COCCN3C2=C)cc1OC(C)CN1CCCC1. The average Bonchev–Trinajstić information content (AvgIpc) is 3.50. The van der Waals surface area contributed by atoms with Crippen LogP contribution >= 0.6 is 0 Å². The smallest absolute Gasteiger partial charge is 0.157 e. The van der Waals surface area contributed by atoms with Crippen molar-refractivity contribution in [3.05, 3.63) is 65.7 Å². The maximum atomic E-state index is 15.7. The molecule has 1 aliphatic carbocycles. The molecule has 0 radical (unpaired) electrons. The Labute approximate surface area is 217 Å². The van der Waals surface area contributed by atoms with Gasteiger partial charge in [-0.15, -0.1) is 0 Å². The molecule has 198 valence electrons. The fourth-order valence-corrected chi connectivity index (χ4v) is 5.22. The molecule has 4 aliphatic rings. The molecule has 1 aromatic rings. The number of hydrogen-bond donors (Lipinski definition) is 1. The van der Waals surface area contributed by atoms with Crippen LogP contribution in [-0.2, 0) is 4.74 Å². The lowest BCUT2D eigenvalue weighted by Crippen LogP contribution is -2.38. The van der Waals surface area contributed by atoms with Gasteiger partial charge in [0, 0.05) is 30.4 Å². The number of ether oxygens (including phenoxy) is 2. The van der Waals surface area contributed by atoms with Crippen LogP contribution in [-0.4, -0.2) is 61.1 Å². The largest absolute Gasteiger partial charge is 0.489 e. The minimum absolute atomic E-state index is 0.150. The number of anilines is 1. The van der Waals surface area contributed by atoms with E-state index in [4.69, 9.17) is 9.47 Å². The zero-order chi connectivity index (χ0) is 26.1. The van der Waals surface area contributed by atoms with Crippen LogP contribution in [0.5, 0.6) is 5.75 Å². The fraction of sp³-hybridized carbons (Fsp3) is 0.464. The lowest BCUT2D eigenvalue weighted by atomic mass is 10.0. The highest BCUT2D eigenvalue weighted by atomic mass is 19.1. The number of fused-ring (bicyclic) bond motifs is 1. The standard InChI is InChI=1S/C28H35F2N5O2/c1-18-8-7-9-23(29)28(18)31-20(3)22-14-24(30)25(35-21(4)34-12-13-36-17-27(34)32-35)15-26(22)37-19(2)16-33-10-5-6-11-33/h9,14-15,19,31H,3-8,10-13,16-17H2,1-2H3. The number of amidine groups is 1. The molecule has 1 unspecified atom stereocenters. The van der Waals surface area contributed by atoms with E-state index >= 15 is 4.39 Å². The molecule has 3 aliphatic heterocycles. The van der Waals surface area contributed by atoms with E-state index in [0.717, 1.165) is 31.6 Å². The third-order valence-corrected chi connectivity index (χ3v) is 7.20. The van der Waals surface area contributed by atoms with Crippen LogP contribution in [0.2, 0.25) is 0 Å². The van der Waals surface area contributed by atoms with E-state index < -0.39 is 5.82 Å². The van der Waals surface area contributed by atoms with Crippen molar-refractivity contribution >= 4 is 17.2 Å². The van der Waals surface area contributed by atoms with Crippen molar-refractivity contribution in [2.75, 3.05) is 44.4 Å². The van der Waals surface area contributed by atoms with Gasteiger partial charge in [0.1, 0.15) is 41.6 Å². The Hall–Kier alpha value is -3.17. The molecule has 2 fully saturated rings. The van der Waals surface area contributed by atoms with Gasteiger partial charge in [0.05, 0.1) is 12.3 Å². The molecule has 0 spiro atoms. The molecule has 37 heavy (non-hydrogen) atoms. The lowest BCUT2D eigenvalue weighted by Gasteiger charge is -2.28. The molecule has 0 saturated carbocycles. The fourth-order valence-electron chi connectivity index (χ4n) is 5.22. The molecule has 0 bridgehead atoms. The number of benzene rings is 1. The van der Waals surface area contributed by atoms with Crippen molar-refractivity contribution in [2.24, 2.45) is 5.10 Å². The predicted molar refractivity (Wildman–Crippen MR) is 142 cm³/mol. The second kappa shape index (κ2) is 10.7. The Kier molecular flexibility index (Phi) is 7.35. The van der Waals surface area contributed by atoms with E-state index in [0.29, 0.717) is 60.5 Å². The van der Waals surface area contributed by atoms with Crippen molar-refractivity contribution in [3.8, 4) is 5.75 Å². The summed E-state index contributed by atoms with van der Waals surface area (Å²) in [5, 5.41) is 9.14. The van der Waals surface area contributed by atoms with Crippen LogP contribution in [0.3, 0.4) is 0 Å². The van der Waals surface area contributed by atoms with Gasteiger partial charge in [0.15, 0.2) is 5.84 Å². The molecule has 3 heterocycles. The highest BCUT2D eigenvalue weighted by Crippen LogP contribution is 2.38. The van der Waals surface area contributed by atoms with Gasteiger partial charge in [-0.2, -0.15) is 5.10 Å². The second-order valence-corrected chi connectivity index (χ2v) is 10.0. The molecule has 1 aromatic carbocycles. The first-order valence-electron chi connectivity index (χ1n) is 13.0. The van der Waals surface area contributed by atoms with Crippen LogP contribution < -0.4 is 15.1 Å². The van der Waals surface area contributed by atoms with Gasteiger partial charge in [-0.05, 0) is 70.3 Å². The van der Waals surface area contributed by atoms with Gasteiger partial charge >= 0.3 is 0 Å². The summed E-state index contributed by atoms with van der Waals surface area (Å²) in [5.74, 6) is 0.878. The zero-order valence-corrected chi connectivity index (χ0v) is 21.7. The third-order valence-electron chi connectivity index (χ3n) is 7.20. The number of halogens is 2. The molecule has 5 rings (SSSR count). The predicted octanol–water partition coefficient (Wildman–Crippen LogP) is 5.11. The summed E-state index contributed by atoms with van der Waals surface area (Å²) in [6, 6.07) is 3.02. The summed E-state index contributed by atoms with van der Waals surface area (Å²) in [4.78, 5) is 4.30. The number of nitrogens with one attached hydrogen (secondary N) is 1. The number of hydrazone groups is 1. The topological polar surface area (TPSA) is 52.6 Å². The molecule has 1 atom stereocenters. The minimum atomic E-state index is -0.505. The number of hydrogen-bond acceptors (Lipinski definition) is 7. The Morgan fingerprint density at radius 3 is 2.76 bits per heavy atom.